The molecule has 2 aliphatic rings. The zero-order valence-corrected chi connectivity index (χ0v) is 40.1. The highest BCUT2D eigenvalue weighted by atomic mass is 32.2. The van der Waals surface area contributed by atoms with Gasteiger partial charge in [0.1, 0.15) is 54.3 Å². The summed E-state index contributed by atoms with van der Waals surface area (Å²) in [6.07, 6.45) is -10.1. The van der Waals surface area contributed by atoms with Crippen LogP contribution in [0, 0.1) is 0 Å². The van der Waals surface area contributed by atoms with Gasteiger partial charge in [0, 0.05) is 4.90 Å². The molecule has 0 aromatic heterocycles. The van der Waals surface area contributed by atoms with Gasteiger partial charge < -0.3 is 47.7 Å². The third-order valence-electron chi connectivity index (χ3n) is 12.1. The van der Waals surface area contributed by atoms with Crippen LogP contribution < -0.4 is 0 Å². The first-order valence-electron chi connectivity index (χ1n) is 25.7. The van der Waals surface area contributed by atoms with Gasteiger partial charge >= 0.3 is 0 Å². The molecule has 2 saturated heterocycles. The van der Waals surface area contributed by atoms with E-state index in [2.05, 4.69) is 0 Å². The van der Waals surface area contributed by atoms with E-state index in [9.17, 15) is 7.85 Å². The van der Waals surface area contributed by atoms with E-state index in [4.69, 9.17) is 44.0 Å². The lowest BCUT2D eigenvalue weighted by atomic mass is 9.96. The summed E-state index contributed by atoms with van der Waals surface area (Å²) in [4.78, 5) is 0.885. The van der Waals surface area contributed by atoms with E-state index in [-0.39, 0.29) is 26.4 Å². The molecule has 2 heterocycles. The van der Waals surface area contributed by atoms with Crippen LogP contribution in [0.25, 0.3) is 0 Å². The summed E-state index contributed by atoms with van der Waals surface area (Å²) >= 11 is 1.43. The number of aliphatic hydroxyl groups is 1. The molecule has 0 amide bonds. The van der Waals surface area contributed by atoms with Crippen molar-refractivity contribution >= 4 is 11.8 Å². The normalized spacial score (nSPS) is 26.3. The fourth-order valence-electron chi connectivity index (χ4n) is 8.44. The molecule has 2 fully saturated rings. The average molecular weight is 978 g/mol. The van der Waals surface area contributed by atoms with Crippen molar-refractivity contribution in [3.63, 3.8) is 0 Å². The highest BCUT2D eigenvalue weighted by Crippen LogP contribution is 2.40. The third-order valence-corrected chi connectivity index (χ3v) is 13.2. The summed E-state index contributed by atoms with van der Waals surface area (Å²) < 4.78 is 88.5. The SMILES string of the molecule is [2H]C(OC[C@H]1OC(O[C@H]2[C@@H](OCc3ccccc3)[C@H](OCc3ccccc3)[C@@H](COCc3ccccc3)O[C@@H]2Sc2ccccc2)[C@@H](O)[C@@H](OC([2H])c2ccccc2)[C@@H]1OC([2H])c1ccccc1)c1ccccc1. The molecular formula is C60H62O10S. The number of aliphatic hydroxyl groups excluding tert-OH is 1. The fourth-order valence-corrected chi connectivity index (χ4v) is 9.57. The summed E-state index contributed by atoms with van der Waals surface area (Å²) in [7, 11) is 0. The molecule has 4 unspecified atom stereocenters. The van der Waals surface area contributed by atoms with E-state index >= 15 is 0 Å². The Bertz CT molecular complexity index is 2660. The smallest absolute Gasteiger partial charge is 0.187 e. The predicted molar refractivity (Wildman–Crippen MR) is 273 cm³/mol. The van der Waals surface area contributed by atoms with Crippen molar-refractivity contribution in [2.75, 3.05) is 13.2 Å². The van der Waals surface area contributed by atoms with Gasteiger partial charge in [-0.3, -0.25) is 0 Å². The molecule has 7 aromatic carbocycles. The second-order valence-corrected chi connectivity index (χ2v) is 18.4. The maximum absolute atomic E-state index is 12.8. The van der Waals surface area contributed by atoms with Crippen LogP contribution in [0.2, 0.25) is 0 Å². The molecule has 7 aromatic rings. The molecule has 0 bridgehead atoms. The largest absolute Gasteiger partial charge is 0.385 e. The zero-order valence-electron chi connectivity index (χ0n) is 42.3. The van der Waals surface area contributed by atoms with Gasteiger partial charge in [-0.25, -0.2) is 0 Å². The van der Waals surface area contributed by atoms with Crippen molar-refractivity contribution in [2.24, 2.45) is 0 Å². The maximum atomic E-state index is 12.8. The summed E-state index contributed by atoms with van der Waals surface area (Å²) in [6, 6.07) is 66.6. The Morgan fingerprint density at radius 2 is 0.789 bits per heavy atom. The minimum atomic E-state index is -1.62. The van der Waals surface area contributed by atoms with Crippen LogP contribution >= 0.6 is 11.8 Å². The Hall–Kier alpha value is -5.51. The van der Waals surface area contributed by atoms with E-state index in [1.165, 1.54) is 11.8 Å². The van der Waals surface area contributed by atoms with Gasteiger partial charge in [-0.05, 0) is 45.5 Å². The van der Waals surface area contributed by atoms with E-state index in [0.717, 1.165) is 21.6 Å². The van der Waals surface area contributed by atoms with Crippen molar-refractivity contribution in [1.82, 2.24) is 0 Å². The van der Waals surface area contributed by atoms with Crippen LogP contribution in [0.5, 0.6) is 0 Å². The van der Waals surface area contributed by atoms with E-state index < -0.39 is 80.3 Å². The quantitative estimate of drug-likeness (QED) is 0.0626. The van der Waals surface area contributed by atoms with Crippen molar-refractivity contribution in [1.29, 1.82) is 0 Å². The predicted octanol–water partition coefficient (Wildman–Crippen LogP) is 10.7. The van der Waals surface area contributed by atoms with Crippen LogP contribution in [0.3, 0.4) is 0 Å². The minimum absolute atomic E-state index is 0.144. The summed E-state index contributed by atoms with van der Waals surface area (Å²) in [6.45, 7) is -3.06. The first kappa shape index (κ1) is 46.6. The average Bonchev–Trinajstić information content (AvgIpc) is 3.45. The minimum Gasteiger partial charge on any atom is -0.385 e. The van der Waals surface area contributed by atoms with Crippen LogP contribution in [0.4, 0.5) is 0 Å². The highest BCUT2D eigenvalue weighted by molar-refractivity contribution is 7.99. The molecular weight excluding hydrogens is 913 g/mol. The molecule has 10 nitrogen and oxygen atoms in total. The molecule has 13 atom stereocenters. The van der Waals surface area contributed by atoms with Crippen LogP contribution in [0.1, 0.15) is 37.5 Å². The lowest BCUT2D eigenvalue weighted by molar-refractivity contribution is -0.350. The van der Waals surface area contributed by atoms with Gasteiger partial charge in [-0.1, -0.05) is 212 Å². The monoisotopic (exact) mass is 977 g/mol. The first-order chi connectivity index (χ1) is 36.4. The van der Waals surface area contributed by atoms with E-state index in [1.807, 2.05) is 176 Å². The number of rotatable bonds is 24. The van der Waals surface area contributed by atoms with Crippen molar-refractivity contribution in [2.45, 2.75) is 105 Å². The maximum Gasteiger partial charge on any atom is 0.187 e. The summed E-state index contributed by atoms with van der Waals surface area (Å²) in [5.41, 5.74) is 3.74. The number of benzene rings is 7. The highest BCUT2D eigenvalue weighted by Gasteiger charge is 2.54. The van der Waals surface area contributed by atoms with Gasteiger partial charge in [0.15, 0.2) is 6.29 Å². The number of thioether (sulfide) groups is 1. The molecule has 0 aliphatic carbocycles. The topological polar surface area (TPSA) is 103 Å². The third kappa shape index (κ3) is 14.8. The molecule has 0 saturated carbocycles. The van der Waals surface area contributed by atoms with Gasteiger partial charge in [0.2, 0.25) is 0 Å². The second kappa shape index (κ2) is 26.8. The Morgan fingerprint density at radius 3 is 1.31 bits per heavy atom. The lowest BCUT2D eigenvalue weighted by Crippen LogP contribution is -2.65. The summed E-state index contributed by atoms with van der Waals surface area (Å²) in [5.74, 6) is 0. The number of hydrogen-bond donors (Lipinski definition) is 1. The van der Waals surface area contributed by atoms with Gasteiger partial charge in [-0.15, -0.1) is 0 Å². The molecule has 0 radical (unpaired) electrons. The van der Waals surface area contributed by atoms with Gasteiger partial charge in [-0.2, -0.15) is 0 Å². The zero-order chi connectivity index (χ0) is 50.9. The second-order valence-electron chi connectivity index (χ2n) is 17.3. The van der Waals surface area contributed by atoms with Crippen LogP contribution in [0.15, 0.2) is 217 Å². The molecule has 1 N–H and O–H groups in total. The van der Waals surface area contributed by atoms with E-state index in [0.29, 0.717) is 23.3 Å². The Labute approximate surface area is 425 Å². The first-order valence-corrected chi connectivity index (χ1v) is 24.9. The standard InChI is InChI=1S/C60H62O10S/c61-53-56(66-40-48-30-16-5-17-31-48)54(64-38-46-26-12-3-13-27-46)51(42-62-36-44-22-8-1-9-23-44)68-59(53)70-58-57(67-41-49-32-18-6-19-33-49)55(65-39-47-28-14-4-15-29-47)52(43-63-37-45-24-10-2-11-25-45)69-60(58)71-50-34-20-7-21-35-50/h1-35,51-61H,36-43H2/t51-,52-,53+,54-,55-,56-,57+,58+,59?,60-/m1/s1/i36D,38D,40D/t36?,38?,40?,51-,52-,53+,54-,55-,56-,57+,58+,59?,60-. The van der Waals surface area contributed by atoms with Crippen molar-refractivity contribution < 1.29 is 51.9 Å². The molecule has 11 heteroatoms. The summed E-state index contributed by atoms with van der Waals surface area (Å²) in [5, 5.41) is 12.8. The van der Waals surface area contributed by atoms with Crippen molar-refractivity contribution in [3.05, 3.63) is 246 Å². The molecule has 71 heavy (non-hydrogen) atoms. The fraction of sp³-hybridized carbons (Fsp3) is 0.300. The van der Waals surface area contributed by atoms with Crippen LogP contribution in [-0.4, -0.2) is 78.9 Å². The van der Waals surface area contributed by atoms with Crippen molar-refractivity contribution in [3.8, 4) is 0 Å². The lowest BCUT2D eigenvalue weighted by Gasteiger charge is -2.49. The molecule has 9 rings (SSSR count). The molecule has 2 aliphatic heterocycles. The van der Waals surface area contributed by atoms with E-state index in [1.54, 1.807) is 36.4 Å². The number of hydrogen-bond acceptors (Lipinski definition) is 11. The Morgan fingerprint density at radius 1 is 0.394 bits per heavy atom. The molecule has 368 valence electrons. The van der Waals surface area contributed by atoms with Crippen LogP contribution in [-0.2, 0) is 82.2 Å². The van der Waals surface area contributed by atoms with Gasteiger partial charge in [0.25, 0.3) is 0 Å². The van der Waals surface area contributed by atoms with Gasteiger partial charge in [0.05, 0.1) is 56.9 Å². The number of ether oxygens (including phenoxy) is 9. The molecule has 0 spiro atoms. The Balaban J connectivity index is 1.10. The Kier molecular flexibility index (Phi) is 17.6.